The predicted molar refractivity (Wildman–Crippen MR) is 87.7 cm³/mol. The van der Waals surface area contributed by atoms with E-state index in [1.54, 1.807) is 0 Å². The highest BCUT2D eigenvalue weighted by Crippen LogP contribution is 2.14. The van der Waals surface area contributed by atoms with Crippen molar-refractivity contribution in [1.82, 2.24) is 5.43 Å². The van der Waals surface area contributed by atoms with Crippen LogP contribution in [0.1, 0.15) is 50.5 Å². The molecule has 1 aliphatic carbocycles. The third-order valence-corrected chi connectivity index (χ3v) is 3.65. The quantitative estimate of drug-likeness (QED) is 0.820. The van der Waals surface area contributed by atoms with E-state index in [9.17, 15) is 9.59 Å². The summed E-state index contributed by atoms with van der Waals surface area (Å²) in [5.41, 5.74) is 5.45. The molecule has 2 rings (SSSR count). The number of hydrazone groups is 1. The number of hydrogen-bond donors (Lipinski definition) is 2. The van der Waals surface area contributed by atoms with Gasteiger partial charge in [-0.2, -0.15) is 5.10 Å². The smallest absolute Gasteiger partial charge is 0.240 e. The first kappa shape index (κ1) is 16.2. The molecule has 1 aliphatic rings. The highest BCUT2D eigenvalue weighted by atomic mass is 16.2. The SMILES string of the molecule is Cc1cccc(NC(=O)CCC(=O)NN=C2CCCCC2)c1. The Kier molecular flexibility index (Phi) is 6.13. The number of benzene rings is 1. The first-order chi connectivity index (χ1) is 10.6. The summed E-state index contributed by atoms with van der Waals surface area (Å²) in [6, 6.07) is 7.58. The van der Waals surface area contributed by atoms with Gasteiger partial charge in [0.2, 0.25) is 11.8 Å². The number of rotatable bonds is 5. The monoisotopic (exact) mass is 301 g/mol. The van der Waals surface area contributed by atoms with Crippen LogP contribution in [-0.2, 0) is 9.59 Å². The van der Waals surface area contributed by atoms with Gasteiger partial charge in [-0.25, -0.2) is 5.43 Å². The summed E-state index contributed by atoms with van der Waals surface area (Å²) in [5, 5.41) is 6.93. The zero-order chi connectivity index (χ0) is 15.8. The summed E-state index contributed by atoms with van der Waals surface area (Å²) in [7, 11) is 0. The molecule has 1 saturated carbocycles. The van der Waals surface area contributed by atoms with Gasteiger partial charge < -0.3 is 5.32 Å². The zero-order valence-corrected chi connectivity index (χ0v) is 13.0. The zero-order valence-electron chi connectivity index (χ0n) is 13.0. The van der Waals surface area contributed by atoms with Crippen LogP contribution in [0.4, 0.5) is 5.69 Å². The van der Waals surface area contributed by atoms with Crippen LogP contribution in [-0.4, -0.2) is 17.5 Å². The van der Waals surface area contributed by atoms with Gasteiger partial charge in [0.1, 0.15) is 0 Å². The highest BCUT2D eigenvalue weighted by Gasteiger charge is 2.09. The van der Waals surface area contributed by atoms with Gasteiger partial charge in [-0.3, -0.25) is 9.59 Å². The highest BCUT2D eigenvalue weighted by molar-refractivity contribution is 5.93. The van der Waals surface area contributed by atoms with Crippen molar-refractivity contribution in [1.29, 1.82) is 0 Å². The Balaban J connectivity index is 1.70. The van der Waals surface area contributed by atoms with Crippen LogP contribution in [0.2, 0.25) is 0 Å². The largest absolute Gasteiger partial charge is 0.326 e. The van der Waals surface area contributed by atoms with Gasteiger partial charge >= 0.3 is 0 Å². The Hall–Kier alpha value is -2.17. The Morgan fingerprint density at radius 3 is 2.55 bits per heavy atom. The van der Waals surface area contributed by atoms with Crippen LogP contribution in [0.3, 0.4) is 0 Å². The Morgan fingerprint density at radius 2 is 1.82 bits per heavy atom. The Labute approximate surface area is 131 Å². The molecule has 0 aliphatic heterocycles. The lowest BCUT2D eigenvalue weighted by atomic mass is 9.99. The molecule has 22 heavy (non-hydrogen) atoms. The van der Waals surface area contributed by atoms with Crippen molar-refractivity contribution in [2.45, 2.75) is 51.9 Å². The molecule has 1 aromatic carbocycles. The van der Waals surface area contributed by atoms with E-state index >= 15 is 0 Å². The van der Waals surface area contributed by atoms with Crippen molar-refractivity contribution in [3.05, 3.63) is 29.8 Å². The lowest BCUT2D eigenvalue weighted by Gasteiger charge is -2.12. The molecule has 0 saturated heterocycles. The van der Waals surface area contributed by atoms with Gasteiger partial charge in [0.25, 0.3) is 0 Å². The number of nitrogens with zero attached hydrogens (tertiary/aromatic N) is 1. The number of nitrogens with one attached hydrogen (secondary N) is 2. The fourth-order valence-electron chi connectivity index (χ4n) is 2.44. The van der Waals surface area contributed by atoms with E-state index in [1.807, 2.05) is 31.2 Å². The van der Waals surface area contributed by atoms with Gasteiger partial charge in [0.15, 0.2) is 0 Å². The van der Waals surface area contributed by atoms with Crippen LogP contribution in [0.15, 0.2) is 29.4 Å². The third-order valence-electron chi connectivity index (χ3n) is 3.65. The van der Waals surface area contributed by atoms with E-state index in [2.05, 4.69) is 15.8 Å². The summed E-state index contributed by atoms with van der Waals surface area (Å²) >= 11 is 0. The second-order valence-corrected chi connectivity index (χ2v) is 5.69. The predicted octanol–water partition coefficient (Wildman–Crippen LogP) is 3.15. The summed E-state index contributed by atoms with van der Waals surface area (Å²) < 4.78 is 0. The van der Waals surface area contributed by atoms with E-state index < -0.39 is 0 Å². The van der Waals surface area contributed by atoms with Crippen LogP contribution < -0.4 is 10.7 Å². The van der Waals surface area contributed by atoms with Crippen molar-refractivity contribution in [3.8, 4) is 0 Å². The van der Waals surface area contributed by atoms with Gasteiger partial charge in [-0.05, 0) is 50.3 Å². The maximum Gasteiger partial charge on any atom is 0.240 e. The van der Waals surface area contributed by atoms with Gasteiger partial charge in [0.05, 0.1) is 0 Å². The lowest BCUT2D eigenvalue weighted by molar-refractivity contribution is -0.124. The normalized spacial score (nSPS) is 14.3. The van der Waals surface area contributed by atoms with E-state index in [-0.39, 0.29) is 24.7 Å². The van der Waals surface area contributed by atoms with Gasteiger partial charge in [-0.1, -0.05) is 18.6 Å². The third kappa shape index (κ3) is 5.68. The molecule has 0 atom stereocenters. The topological polar surface area (TPSA) is 70.6 Å². The van der Waals surface area contributed by atoms with Crippen molar-refractivity contribution < 1.29 is 9.59 Å². The van der Waals surface area contributed by atoms with Crippen molar-refractivity contribution in [2.24, 2.45) is 5.10 Å². The Bertz CT molecular complexity index is 559. The summed E-state index contributed by atoms with van der Waals surface area (Å²) in [6.07, 6.45) is 5.77. The molecular formula is C17H23N3O2. The standard InChI is InChI=1S/C17H23N3O2/c1-13-6-5-9-15(12-13)18-16(21)10-11-17(22)20-19-14-7-3-2-4-8-14/h5-6,9,12H,2-4,7-8,10-11H2,1H3,(H,18,21)(H,20,22). The second kappa shape index (κ2) is 8.32. The second-order valence-electron chi connectivity index (χ2n) is 5.69. The molecule has 0 radical (unpaired) electrons. The van der Waals surface area contributed by atoms with E-state index in [0.717, 1.165) is 42.6 Å². The molecule has 1 aromatic rings. The minimum atomic E-state index is -0.211. The molecule has 1 fully saturated rings. The molecule has 0 heterocycles. The number of carbonyl (C=O) groups is 2. The molecule has 5 heteroatoms. The summed E-state index contributed by atoms with van der Waals surface area (Å²) in [5.74, 6) is -0.372. The van der Waals surface area contributed by atoms with Gasteiger partial charge in [0, 0.05) is 24.2 Å². The minimum absolute atomic E-state index is 0.147. The number of amides is 2. The number of anilines is 1. The number of aryl methyl sites for hydroxylation is 1. The molecule has 2 N–H and O–H groups in total. The van der Waals surface area contributed by atoms with Crippen LogP contribution in [0, 0.1) is 6.92 Å². The molecule has 2 amide bonds. The molecular weight excluding hydrogens is 278 g/mol. The van der Waals surface area contributed by atoms with Crippen LogP contribution in [0.5, 0.6) is 0 Å². The molecule has 0 unspecified atom stereocenters. The minimum Gasteiger partial charge on any atom is -0.326 e. The van der Waals surface area contributed by atoms with Crippen molar-refractivity contribution >= 4 is 23.2 Å². The number of carbonyl (C=O) groups excluding carboxylic acids is 2. The first-order valence-electron chi connectivity index (χ1n) is 7.84. The Morgan fingerprint density at radius 1 is 1.09 bits per heavy atom. The van der Waals surface area contributed by atoms with Crippen LogP contribution in [0.25, 0.3) is 0 Å². The maximum atomic E-state index is 11.8. The van der Waals surface area contributed by atoms with Crippen molar-refractivity contribution in [2.75, 3.05) is 5.32 Å². The van der Waals surface area contributed by atoms with Crippen LogP contribution >= 0.6 is 0 Å². The maximum absolute atomic E-state index is 11.8. The summed E-state index contributed by atoms with van der Waals surface area (Å²) in [6.45, 7) is 1.97. The number of hydrogen-bond acceptors (Lipinski definition) is 3. The van der Waals surface area contributed by atoms with E-state index in [4.69, 9.17) is 0 Å². The average molecular weight is 301 g/mol. The molecule has 0 aromatic heterocycles. The van der Waals surface area contributed by atoms with Gasteiger partial charge in [-0.15, -0.1) is 0 Å². The molecule has 5 nitrogen and oxygen atoms in total. The fraction of sp³-hybridized carbons (Fsp3) is 0.471. The van der Waals surface area contributed by atoms with E-state index in [1.165, 1.54) is 6.42 Å². The first-order valence-corrected chi connectivity index (χ1v) is 7.84. The fourth-order valence-corrected chi connectivity index (χ4v) is 2.44. The summed E-state index contributed by atoms with van der Waals surface area (Å²) in [4.78, 5) is 23.5. The lowest BCUT2D eigenvalue weighted by Crippen LogP contribution is -2.22. The molecule has 118 valence electrons. The van der Waals surface area contributed by atoms with E-state index in [0.29, 0.717) is 0 Å². The molecule has 0 spiro atoms. The van der Waals surface area contributed by atoms with Crippen molar-refractivity contribution in [3.63, 3.8) is 0 Å². The molecule has 0 bridgehead atoms. The average Bonchev–Trinajstić information content (AvgIpc) is 2.52.